The predicted molar refractivity (Wildman–Crippen MR) is 202 cm³/mol. The largest absolute Gasteiger partial charge is 0.487 e. The van der Waals surface area contributed by atoms with E-state index in [-0.39, 0.29) is 28.9 Å². The van der Waals surface area contributed by atoms with Crippen LogP contribution in [-0.4, -0.2) is 91.1 Å². The van der Waals surface area contributed by atoms with E-state index in [0.29, 0.717) is 53.5 Å². The number of piperidine rings is 1. The lowest BCUT2D eigenvalue weighted by Gasteiger charge is -2.47. The molecule has 3 unspecified atom stereocenters. The van der Waals surface area contributed by atoms with Crippen LogP contribution in [0.5, 0.6) is 11.6 Å². The quantitative estimate of drug-likeness (QED) is 0.310. The highest BCUT2D eigenvalue weighted by Crippen LogP contribution is 2.42. The van der Waals surface area contributed by atoms with Gasteiger partial charge in [-0.1, -0.05) is 12.8 Å². The van der Waals surface area contributed by atoms with E-state index >= 15 is 4.39 Å². The van der Waals surface area contributed by atoms with Gasteiger partial charge in [0.15, 0.2) is 17.0 Å². The van der Waals surface area contributed by atoms with Crippen molar-refractivity contribution in [1.29, 1.82) is 0 Å². The Morgan fingerprint density at radius 3 is 2.63 bits per heavy atom. The second-order valence-electron chi connectivity index (χ2n) is 14.4. The highest BCUT2D eigenvalue weighted by Gasteiger charge is 2.37. The lowest BCUT2D eigenvalue weighted by atomic mass is 9.90. The fourth-order valence-corrected chi connectivity index (χ4v) is 8.11. The molecule has 0 radical (unpaired) electrons. The van der Waals surface area contributed by atoms with Gasteiger partial charge in [0.25, 0.3) is 0 Å². The van der Waals surface area contributed by atoms with E-state index < -0.39 is 0 Å². The van der Waals surface area contributed by atoms with Gasteiger partial charge in [0.2, 0.25) is 5.88 Å². The van der Waals surface area contributed by atoms with Gasteiger partial charge >= 0.3 is 0 Å². The van der Waals surface area contributed by atoms with Crippen molar-refractivity contribution in [2.45, 2.75) is 89.5 Å². The first-order chi connectivity index (χ1) is 24.8. The molecule has 6 heterocycles. The van der Waals surface area contributed by atoms with Crippen LogP contribution < -0.4 is 30.9 Å². The molecule has 4 aliphatic rings. The van der Waals surface area contributed by atoms with Gasteiger partial charge in [0.1, 0.15) is 18.1 Å². The number of nitrogens with one attached hydrogen (secondary N) is 1. The van der Waals surface area contributed by atoms with E-state index in [1.54, 1.807) is 13.3 Å². The highest BCUT2D eigenvalue weighted by molar-refractivity contribution is 5.92. The van der Waals surface area contributed by atoms with Crippen LogP contribution in [0.25, 0.3) is 10.9 Å². The average molecular weight is 703 g/mol. The van der Waals surface area contributed by atoms with Crippen molar-refractivity contribution in [3.05, 3.63) is 69.7 Å². The van der Waals surface area contributed by atoms with Gasteiger partial charge < -0.3 is 30.0 Å². The Bertz CT molecular complexity index is 1800. The maximum Gasteiger partial charge on any atom is 0.213 e. The molecule has 0 amide bonds. The first-order valence-electron chi connectivity index (χ1n) is 18.5. The van der Waals surface area contributed by atoms with Crippen LogP contribution in [0.3, 0.4) is 0 Å². The molecule has 4 aliphatic heterocycles. The van der Waals surface area contributed by atoms with Gasteiger partial charge in [-0.2, -0.15) is 0 Å². The number of aliphatic imine (C=N–C) groups is 1. The Morgan fingerprint density at radius 2 is 1.92 bits per heavy atom. The van der Waals surface area contributed by atoms with Crippen molar-refractivity contribution < 1.29 is 13.9 Å². The molecule has 0 bridgehead atoms. The lowest BCUT2D eigenvalue weighted by Crippen LogP contribution is -2.57. The zero-order valence-electron chi connectivity index (χ0n) is 31.0. The number of nitrogens with zero attached hydrogens (tertiary/aromatic N) is 6. The summed E-state index contributed by atoms with van der Waals surface area (Å²) in [5.74, 6) is 1.60. The van der Waals surface area contributed by atoms with Crippen LogP contribution in [0.2, 0.25) is 0 Å². The van der Waals surface area contributed by atoms with Gasteiger partial charge in [0, 0.05) is 76.1 Å². The molecule has 0 saturated carbocycles. The Labute approximate surface area is 301 Å². The first-order valence-corrected chi connectivity index (χ1v) is 18.5. The minimum atomic E-state index is -0.374. The highest BCUT2D eigenvalue weighted by atomic mass is 19.1. The molecule has 11 nitrogen and oxygen atoms in total. The summed E-state index contributed by atoms with van der Waals surface area (Å²) in [4.78, 5) is 30.5. The topological polar surface area (TPSA) is 113 Å². The molecule has 3 N–H and O–H groups in total. The number of rotatable bonds is 9. The van der Waals surface area contributed by atoms with Gasteiger partial charge in [-0.25, -0.2) is 14.4 Å². The molecule has 7 rings (SSSR count). The molecule has 3 atom stereocenters. The summed E-state index contributed by atoms with van der Waals surface area (Å²) in [6.45, 7) is 9.26. The third kappa shape index (κ3) is 7.64. The molecular weight excluding hydrogens is 647 g/mol. The maximum absolute atomic E-state index is 16.1. The van der Waals surface area contributed by atoms with Crippen molar-refractivity contribution in [1.82, 2.24) is 24.7 Å². The molecule has 0 aliphatic carbocycles. The number of benzene rings is 1. The summed E-state index contributed by atoms with van der Waals surface area (Å²) < 4.78 is 30.1. The maximum atomic E-state index is 16.1. The van der Waals surface area contributed by atoms with E-state index in [2.05, 4.69) is 66.4 Å². The Morgan fingerprint density at radius 1 is 1.14 bits per heavy atom. The number of likely N-dealkylation sites (tertiary alicyclic amines) is 1. The fraction of sp³-hybridized carbons (Fsp3) is 0.564. The lowest BCUT2D eigenvalue weighted by molar-refractivity contribution is 0.0496. The van der Waals surface area contributed by atoms with Crippen molar-refractivity contribution in [2.24, 2.45) is 10.7 Å². The summed E-state index contributed by atoms with van der Waals surface area (Å²) in [7, 11) is 5.03. The number of methoxy groups -OCH3 is 1. The summed E-state index contributed by atoms with van der Waals surface area (Å²) in [6.07, 6.45) is 15.3. The zero-order valence-corrected chi connectivity index (χ0v) is 31.0. The third-order valence-electron chi connectivity index (χ3n) is 11.0. The Hall–Kier alpha value is -4.00. The molecule has 3 aromatic rings. The second kappa shape index (κ2) is 16.1. The Kier molecular flexibility index (Phi) is 11.6. The van der Waals surface area contributed by atoms with E-state index in [4.69, 9.17) is 9.47 Å². The van der Waals surface area contributed by atoms with Gasteiger partial charge in [-0.3, -0.25) is 14.6 Å². The standard InChI is InChI=1S/C38H50FN7O3.CH5N/c1-26-24-49-37-34-30(19-31(39)35(37)43-15-7-5-6-8-16-43)36(47)28(22-46(26)34)21-44(20-27-12-14-41-33(18-27)48-4)29-10-9-17-45(23-29)38(2)13-11-32(40-3)42-25-38;1-2/h11-12,14,18-19,22,25-26,29,40H,5-10,13,15-17,20-21,23-24H2,1-4H3;2H2,1H3. The van der Waals surface area contributed by atoms with Crippen LogP contribution in [0, 0.1) is 5.82 Å². The van der Waals surface area contributed by atoms with Gasteiger partial charge in [0.05, 0.1) is 29.6 Å². The molecule has 2 aromatic heterocycles. The van der Waals surface area contributed by atoms with Crippen LogP contribution in [0.15, 0.2) is 52.3 Å². The molecule has 12 heteroatoms. The van der Waals surface area contributed by atoms with Crippen LogP contribution in [0.1, 0.15) is 76.0 Å². The van der Waals surface area contributed by atoms with Crippen LogP contribution in [0.4, 0.5) is 10.1 Å². The van der Waals surface area contributed by atoms with E-state index in [0.717, 1.165) is 82.5 Å². The molecule has 0 spiro atoms. The summed E-state index contributed by atoms with van der Waals surface area (Å²) in [6, 6.07) is 5.63. The molecule has 276 valence electrons. The minimum absolute atomic E-state index is 0.000899. The van der Waals surface area contributed by atoms with Crippen LogP contribution >= 0.6 is 0 Å². The number of pyridine rings is 2. The van der Waals surface area contributed by atoms with Crippen molar-refractivity contribution in [2.75, 3.05) is 58.9 Å². The number of nitrogens with two attached hydrogens (primary N) is 1. The average Bonchev–Trinajstić information content (AvgIpc) is 3.45. The monoisotopic (exact) mass is 702 g/mol. The van der Waals surface area contributed by atoms with Crippen LogP contribution in [-0.2, 0) is 13.1 Å². The zero-order chi connectivity index (χ0) is 36.1. The minimum Gasteiger partial charge on any atom is -0.487 e. The smallest absolute Gasteiger partial charge is 0.213 e. The van der Waals surface area contributed by atoms with E-state index in [9.17, 15) is 4.79 Å². The summed E-state index contributed by atoms with van der Waals surface area (Å²) in [5.41, 5.74) is 7.13. The van der Waals surface area contributed by atoms with E-state index in [1.165, 1.54) is 13.1 Å². The molecular formula is C39H55FN8O3. The summed E-state index contributed by atoms with van der Waals surface area (Å²) in [5, 5.41) is 3.55. The second-order valence-corrected chi connectivity index (χ2v) is 14.4. The number of anilines is 1. The number of aromatic nitrogens is 2. The molecule has 2 fully saturated rings. The normalized spacial score (nSPS) is 23.6. The SMILES string of the molecule is CN.CNC1=CCC(C)(N2CCCC(N(Cc3ccnc(OC)c3)Cc3cn4c5c(c(N6CCCCCC6)c(F)cc5c3=O)OCC4C)C2)C=N1. The van der Waals surface area contributed by atoms with Crippen molar-refractivity contribution in [3.63, 3.8) is 0 Å². The number of hydrogen-bond acceptors (Lipinski definition) is 10. The number of halogens is 1. The molecule has 2 saturated heterocycles. The number of ether oxygens (including phenoxy) is 2. The van der Waals surface area contributed by atoms with Crippen molar-refractivity contribution >= 4 is 22.8 Å². The third-order valence-corrected chi connectivity index (χ3v) is 11.0. The van der Waals surface area contributed by atoms with Gasteiger partial charge in [-0.15, -0.1) is 0 Å². The fourth-order valence-electron chi connectivity index (χ4n) is 8.11. The van der Waals surface area contributed by atoms with Gasteiger partial charge in [-0.05, 0) is 83.3 Å². The summed E-state index contributed by atoms with van der Waals surface area (Å²) >= 11 is 0. The number of hydrogen-bond donors (Lipinski definition) is 2. The molecule has 51 heavy (non-hydrogen) atoms. The van der Waals surface area contributed by atoms with Crippen molar-refractivity contribution in [3.8, 4) is 11.6 Å². The first kappa shape index (κ1) is 36.8. The Balaban J connectivity index is 0.00000220. The van der Waals surface area contributed by atoms with E-state index in [1.807, 2.05) is 25.4 Å². The predicted octanol–water partition coefficient (Wildman–Crippen LogP) is 5.21. The molecule has 1 aromatic carbocycles.